The van der Waals surface area contributed by atoms with E-state index in [1.54, 1.807) is 29.8 Å². The fraction of sp³-hybridized carbons (Fsp3) is 0.211. The monoisotopic (exact) mass is 349 g/mol. The maximum absolute atomic E-state index is 12.8. The number of phenols is 1. The van der Waals surface area contributed by atoms with E-state index in [-0.39, 0.29) is 24.2 Å². The number of carbonyl (C=O) groups is 1. The molecule has 1 amide bonds. The topological polar surface area (TPSA) is 103 Å². The van der Waals surface area contributed by atoms with Crippen molar-refractivity contribution in [1.82, 2.24) is 9.88 Å². The van der Waals surface area contributed by atoms with Crippen LogP contribution in [0, 0.1) is 0 Å². The van der Waals surface area contributed by atoms with Crippen molar-refractivity contribution in [3.8, 4) is 5.75 Å². The van der Waals surface area contributed by atoms with Crippen LogP contribution in [0.3, 0.4) is 0 Å². The molecule has 1 unspecified atom stereocenters. The summed E-state index contributed by atoms with van der Waals surface area (Å²) in [7, 11) is 1.77. The molecule has 2 aromatic carbocycles. The third-order valence-electron chi connectivity index (χ3n) is 4.32. The first kappa shape index (κ1) is 17.4. The summed E-state index contributed by atoms with van der Waals surface area (Å²) in [4.78, 5) is 15.6. The van der Waals surface area contributed by atoms with Crippen LogP contribution >= 0.6 is 0 Å². The van der Waals surface area contributed by atoms with E-state index in [9.17, 15) is 9.90 Å². The molecule has 1 heterocycles. The van der Waals surface area contributed by atoms with Crippen molar-refractivity contribution in [2.75, 3.05) is 6.54 Å². The second-order valence-electron chi connectivity index (χ2n) is 6.07. The lowest BCUT2D eigenvalue weighted by molar-refractivity contribution is 0.0930. The Morgan fingerprint density at radius 3 is 2.73 bits per heavy atom. The van der Waals surface area contributed by atoms with E-state index in [1.807, 2.05) is 36.4 Å². The van der Waals surface area contributed by atoms with Gasteiger partial charge in [-0.25, -0.2) is 0 Å². The molecule has 26 heavy (non-hydrogen) atoms. The zero-order valence-corrected chi connectivity index (χ0v) is 14.3. The summed E-state index contributed by atoms with van der Waals surface area (Å²) < 4.78 is 1.73. The molecular formula is C19H19N5O2. The third kappa shape index (κ3) is 3.63. The Labute approximate surface area is 150 Å². The second kappa shape index (κ2) is 7.63. The summed E-state index contributed by atoms with van der Waals surface area (Å²) in [6.45, 7) is 0.159. The van der Waals surface area contributed by atoms with E-state index >= 15 is 0 Å². The van der Waals surface area contributed by atoms with Gasteiger partial charge in [0.2, 0.25) is 0 Å². The summed E-state index contributed by atoms with van der Waals surface area (Å²) in [6, 6.07) is 16.2. The normalized spacial score (nSPS) is 11.7. The number of amides is 1. The number of aryl methyl sites for hydroxylation is 1. The first-order valence-electron chi connectivity index (χ1n) is 8.23. The lowest BCUT2D eigenvalue weighted by Crippen LogP contribution is -2.39. The van der Waals surface area contributed by atoms with Crippen LogP contribution in [0.15, 0.2) is 59.7 Å². The summed E-state index contributed by atoms with van der Waals surface area (Å²) in [5.74, 6) is -0.149. The average molecular weight is 349 g/mol. The molecule has 0 spiro atoms. The Kier molecular flexibility index (Phi) is 5.10. The smallest absolute Gasteiger partial charge is 0.268 e. The Balaban J connectivity index is 1.84. The standard InChI is InChI=1S/C19H19N5O2/c1-24-16-8-5-9-18(25)15(16)11-17(24)19(26)22-14(12-21-23-20)10-13-6-3-2-4-7-13/h2-9,11,14,25H,10,12H2,1H3,(H,22,26). The Bertz CT molecular complexity index is 974. The minimum Gasteiger partial charge on any atom is -0.507 e. The molecule has 7 nitrogen and oxygen atoms in total. The summed E-state index contributed by atoms with van der Waals surface area (Å²) in [6.07, 6.45) is 0.556. The number of carbonyl (C=O) groups excluding carboxylic acids is 1. The van der Waals surface area contributed by atoms with Gasteiger partial charge in [0, 0.05) is 29.9 Å². The van der Waals surface area contributed by atoms with Gasteiger partial charge < -0.3 is 15.0 Å². The van der Waals surface area contributed by atoms with Gasteiger partial charge in [-0.1, -0.05) is 41.5 Å². The fourth-order valence-electron chi connectivity index (χ4n) is 3.02. The van der Waals surface area contributed by atoms with Gasteiger partial charge in [-0.15, -0.1) is 0 Å². The quantitative estimate of drug-likeness (QED) is 0.404. The molecule has 0 aliphatic rings. The van der Waals surface area contributed by atoms with Crippen LogP contribution in [0.25, 0.3) is 21.3 Å². The largest absolute Gasteiger partial charge is 0.507 e. The molecule has 0 saturated heterocycles. The summed E-state index contributed by atoms with van der Waals surface area (Å²) in [5.41, 5.74) is 10.9. The molecule has 0 saturated carbocycles. The maximum atomic E-state index is 12.8. The van der Waals surface area contributed by atoms with Gasteiger partial charge in [0.1, 0.15) is 11.4 Å². The molecule has 7 heteroatoms. The van der Waals surface area contributed by atoms with E-state index in [0.29, 0.717) is 17.5 Å². The number of fused-ring (bicyclic) bond motifs is 1. The fourth-order valence-corrected chi connectivity index (χ4v) is 3.02. The van der Waals surface area contributed by atoms with Crippen LogP contribution in [-0.4, -0.2) is 28.2 Å². The Morgan fingerprint density at radius 1 is 1.27 bits per heavy atom. The molecule has 0 radical (unpaired) electrons. The first-order valence-corrected chi connectivity index (χ1v) is 8.23. The van der Waals surface area contributed by atoms with Crippen molar-refractivity contribution in [1.29, 1.82) is 0 Å². The number of azide groups is 1. The minimum atomic E-state index is -0.326. The van der Waals surface area contributed by atoms with Gasteiger partial charge in [-0.05, 0) is 35.7 Å². The highest BCUT2D eigenvalue weighted by Crippen LogP contribution is 2.27. The number of benzene rings is 2. The molecule has 3 rings (SSSR count). The van der Waals surface area contributed by atoms with E-state index < -0.39 is 0 Å². The van der Waals surface area contributed by atoms with Gasteiger partial charge in [-0.3, -0.25) is 4.79 Å². The van der Waals surface area contributed by atoms with E-state index in [2.05, 4.69) is 15.3 Å². The first-order chi connectivity index (χ1) is 12.6. The highest BCUT2D eigenvalue weighted by molar-refractivity contribution is 6.00. The number of nitrogens with zero attached hydrogens (tertiary/aromatic N) is 4. The molecule has 2 N–H and O–H groups in total. The predicted molar refractivity (Wildman–Crippen MR) is 100.0 cm³/mol. The van der Waals surface area contributed by atoms with Crippen LogP contribution < -0.4 is 5.32 Å². The summed E-state index contributed by atoms with van der Waals surface area (Å²) in [5, 5.41) is 17.1. The van der Waals surface area contributed by atoms with Crippen molar-refractivity contribution in [2.45, 2.75) is 12.5 Å². The lowest BCUT2D eigenvalue weighted by atomic mass is 10.1. The molecule has 3 aromatic rings. The highest BCUT2D eigenvalue weighted by atomic mass is 16.3. The predicted octanol–water partition coefficient (Wildman–Crippen LogP) is 3.54. The maximum Gasteiger partial charge on any atom is 0.268 e. The van der Waals surface area contributed by atoms with Crippen molar-refractivity contribution >= 4 is 16.8 Å². The van der Waals surface area contributed by atoms with Crippen molar-refractivity contribution in [3.63, 3.8) is 0 Å². The molecule has 0 bridgehead atoms. The highest BCUT2D eigenvalue weighted by Gasteiger charge is 2.18. The molecule has 1 aromatic heterocycles. The van der Waals surface area contributed by atoms with Gasteiger partial charge in [0.05, 0.1) is 5.52 Å². The van der Waals surface area contributed by atoms with Gasteiger partial charge in [0.15, 0.2) is 0 Å². The molecule has 132 valence electrons. The number of aromatic nitrogens is 1. The Hall–Kier alpha value is -3.44. The number of phenolic OH excluding ortho intramolecular Hbond substituents is 1. The SMILES string of the molecule is Cn1c(C(=O)NC(CN=[N+]=[N-])Cc2ccccc2)cc2c(O)cccc21. The van der Waals surface area contributed by atoms with Crippen LogP contribution in [0.5, 0.6) is 5.75 Å². The van der Waals surface area contributed by atoms with Crippen LogP contribution in [-0.2, 0) is 13.5 Å². The van der Waals surface area contributed by atoms with E-state index in [1.165, 1.54) is 0 Å². The van der Waals surface area contributed by atoms with Crippen molar-refractivity contribution < 1.29 is 9.90 Å². The second-order valence-corrected chi connectivity index (χ2v) is 6.07. The van der Waals surface area contributed by atoms with Gasteiger partial charge >= 0.3 is 0 Å². The van der Waals surface area contributed by atoms with Crippen molar-refractivity contribution in [2.24, 2.45) is 12.2 Å². The number of rotatable bonds is 6. The zero-order valence-electron chi connectivity index (χ0n) is 14.3. The molecular weight excluding hydrogens is 330 g/mol. The van der Waals surface area contributed by atoms with E-state index in [4.69, 9.17) is 5.53 Å². The number of aromatic hydroxyl groups is 1. The molecule has 0 aliphatic heterocycles. The van der Waals surface area contributed by atoms with Crippen molar-refractivity contribution in [3.05, 3.63) is 76.3 Å². The number of nitrogens with one attached hydrogen (secondary N) is 1. The Morgan fingerprint density at radius 2 is 2.04 bits per heavy atom. The lowest BCUT2D eigenvalue weighted by Gasteiger charge is -2.17. The van der Waals surface area contributed by atoms with Crippen LogP contribution in [0.1, 0.15) is 16.1 Å². The van der Waals surface area contributed by atoms with Crippen LogP contribution in [0.2, 0.25) is 0 Å². The minimum absolute atomic E-state index is 0.132. The zero-order chi connectivity index (χ0) is 18.5. The van der Waals surface area contributed by atoms with Gasteiger partial charge in [-0.2, -0.15) is 0 Å². The number of hydrogen-bond acceptors (Lipinski definition) is 3. The van der Waals surface area contributed by atoms with E-state index in [0.717, 1.165) is 11.1 Å². The molecule has 1 atom stereocenters. The molecule has 0 aliphatic carbocycles. The number of hydrogen-bond donors (Lipinski definition) is 2. The summed E-state index contributed by atoms with van der Waals surface area (Å²) >= 11 is 0. The van der Waals surface area contributed by atoms with Gasteiger partial charge in [0.25, 0.3) is 5.91 Å². The molecule has 0 fully saturated rings. The average Bonchev–Trinajstić information content (AvgIpc) is 2.99. The third-order valence-corrected chi connectivity index (χ3v) is 4.32. The van der Waals surface area contributed by atoms with Crippen LogP contribution in [0.4, 0.5) is 0 Å².